The van der Waals surface area contributed by atoms with Crippen molar-refractivity contribution < 1.29 is 14.3 Å². The Labute approximate surface area is 78.8 Å². The fourth-order valence-electron chi connectivity index (χ4n) is 1.67. The average molecular weight is 187 g/mol. The first kappa shape index (κ1) is 10.5. The van der Waals surface area contributed by atoms with Gasteiger partial charge in [-0.15, -0.1) is 0 Å². The summed E-state index contributed by atoms with van der Waals surface area (Å²) in [6.07, 6.45) is 2.33. The second kappa shape index (κ2) is 5.19. The van der Waals surface area contributed by atoms with Gasteiger partial charge in [-0.3, -0.25) is 9.69 Å². The number of hydrogen-bond acceptors (Lipinski definition) is 4. The number of methoxy groups -OCH3 is 2. The van der Waals surface area contributed by atoms with Crippen molar-refractivity contribution in [2.45, 2.75) is 18.9 Å². The molecule has 0 spiro atoms. The minimum atomic E-state index is -0.211. The number of hydrogen-bond donors (Lipinski definition) is 0. The van der Waals surface area contributed by atoms with Gasteiger partial charge in [-0.1, -0.05) is 0 Å². The van der Waals surface area contributed by atoms with Crippen molar-refractivity contribution in [1.82, 2.24) is 4.90 Å². The maximum Gasteiger partial charge on any atom is 0.325 e. The summed E-state index contributed by atoms with van der Waals surface area (Å²) in [6.45, 7) is 2.37. The van der Waals surface area contributed by atoms with Gasteiger partial charge < -0.3 is 9.47 Å². The van der Waals surface area contributed by atoms with Crippen molar-refractivity contribution >= 4 is 5.97 Å². The van der Waals surface area contributed by atoms with Gasteiger partial charge in [-0.05, 0) is 25.9 Å². The molecule has 1 heterocycles. The van der Waals surface area contributed by atoms with E-state index in [2.05, 4.69) is 4.90 Å². The first-order valence-corrected chi connectivity index (χ1v) is 4.60. The zero-order chi connectivity index (χ0) is 9.68. The second-order valence-electron chi connectivity index (χ2n) is 3.24. The van der Waals surface area contributed by atoms with Crippen LogP contribution in [-0.4, -0.2) is 50.8 Å². The van der Waals surface area contributed by atoms with Crippen molar-refractivity contribution in [1.29, 1.82) is 0 Å². The minimum absolute atomic E-state index is 0.191. The number of ether oxygens (including phenoxy) is 2. The molecule has 4 heteroatoms. The van der Waals surface area contributed by atoms with Gasteiger partial charge in [0.1, 0.15) is 6.04 Å². The third-order valence-electron chi connectivity index (χ3n) is 2.38. The number of esters is 1. The Bertz CT molecular complexity index is 166. The van der Waals surface area contributed by atoms with Gasteiger partial charge in [0.25, 0.3) is 0 Å². The number of carbonyl (C=O) groups is 1. The highest BCUT2D eigenvalue weighted by Crippen LogP contribution is 2.12. The molecule has 0 aliphatic carbocycles. The van der Waals surface area contributed by atoms with Crippen molar-refractivity contribution in [3.05, 3.63) is 0 Å². The van der Waals surface area contributed by atoms with Crippen molar-refractivity contribution in [3.8, 4) is 0 Å². The smallest absolute Gasteiger partial charge is 0.325 e. The molecule has 1 fully saturated rings. The van der Waals surface area contributed by atoms with Gasteiger partial charge in [-0.2, -0.15) is 0 Å². The molecule has 13 heavy (non-hydrogen) atoms. The third kappa shape index (κ3) is 2.67. The maximum absolute atomic E-state index is 11.3. The molecule has 4 nitrogen and oxygen atoms in total. The molecule has 1 unspecified atom stereocenters. The van der Waals surface area contributed by atoms with Crippen LogP contribution in [0.1, 0.15) is 12.8 Å². The van der Waals surface area contributed by atoms with Crippen molar-refractivity contribution in [2.75, 3.05) is 33.9 Å². The molecule has 0 aromatic carbocycles. The van der Waals surface area contributed by atoms with E-state index in [4.69, 9.17) is 9.47 Å². The molecule has 0 aromatic rings. The van der Waals surface area contributed by atoms with Crippen LogP contribution in [0, 0.1) is 0 Å². The Morgan fingerprint density at radius 1 is 1.38 bits per heavy atom. The first-order valence-electron chi connectivity index (χ1n) is 4.60. The van der Waals surface area contributed by atoms with Gasteiger partial charge in [0.05, 0.1) is 13.7 Å². The fourth-order valence-corrected chi connectivity index (χ4v) is 1.67. The van der Waals surface area contributed by atoms with Gasteiger partial charge in [-0.25, -0.2) is 0 Å². The maximum atomic E-state index is 11.3. The van der Waals surface area contributed by atoms with Gasteiger partial charge >= 0.3 is 5.97 Å². The number of likely N-dealkylation sites (tertiary alicyclic amines) is 1. The van der Waals surface area contributed by atoms with Crippen molar-refractivity contribution in [2.24, 2.45) is 0 Å². The van der Waals surface area contributed by atoms with E-state index >= 15 is 0 Å². The lowest BCUT2D eigenvalue weighted by Gasteiger charge is -2.23. The Kier molecular flexibility index (Phi) is 4.18. The summed E-state index contributed by atoms with van der Waals surface area (Å²) in [5.74, 6) is -0.191. The van der Waals surface area contributed by atoms with E-state index in [1.54, 1.807) is 7.11 Å². The predicted octanol–water partition coefficient (Wildman–Crippen LogP) is 0.270. The van der Waals surface area contributed by atoms with Crippen LogP contribution in [0.2, 0.25) is 0 Å². The lowest BCUT2D eigenvalue weighted by Crippen LogP contribution is -2.43. The molecule has 1 saturated heterocycles. The van der Waals surface area contributed by atoms with E-state index in [9.17, 15) is 4.79 Å². The van der Waals surface area contributed by atoms with Crippen LogP contribution < -0.4 is 0 Å². The highest BCUT2D eigenvalue weighted by Gasteiger charge is 2.28. The van der Waals surface area contributed by atoms with Crippen LogP contribution in [0.25, 0.3) is 0 Å². The molecule has 0 bridgehead atoms. The molecule has 0 radical (unpaired) electrons. The molecule has 76 valence electrons. The van der Waals surface area contributed by atoms with Crippen LogP contribution in [0.5, 0.6) is 0 Å². The normalized spacial score (nSPS) is 20.2. The van der Waals surface area contributed by atoms with E-state index in [-0.39, 0.29) is 12.0 Å². The molecule has 0 saturated carbocycles. The average Bonchev–Trinajstić information content (AvgIpc) is 2.65. The summed E-state index contributed by atoms with van der Waals surface area (Å²) < 4.78 is 9.71. The molecule has 0 amide bonds. The largest absolute Gasteiger partial charge is 0.468 e. The molecule has 0 N–H and O–H groups in total. The van der Waals surface area contributed by atoms with Gasteiger partial charge in [0, 0.05) is 7.11 Å². The summed E-state index contributed by atoms with van der Waals surface area (Å²) in [5, 5.41) is 0. The molecular weight excluding hydrogens is 170 g/mol. The summed E-state index contributed by atoms with van der Waals surface area (Å²) >= 11 is 0. The topological polar surface area (TPSA) is 38.8 Å². The van der Waals surface area contributed by atoms with Crippen LogP contribution in [0.3, 0.4) is 0 Å². The van der Waals surface area contributed by atoms with Crippen LogP contribution in [0.15, 0.2) is 0 Å². The molecule has 1 rings (SSSR count). The third-order valence-corrected chi connectivity index (χ3v) is 2.38. The SMILES string of the molecule is COCC(C(=O)OC)N1CCCC1. The number of carbonyl (C=O) groups excluding carboxylic acids is 1. The number of rotatable bonds is 4. The van der Waals surface area contributed by atoms with E-state index in [1.807, 2.05) is 0 Å². The standard InChI is InChI=1S/C9H17NO3/c1-12-7-8(9(11)13-2)10-5-3-4-6-10/h8H,3-7H2,1-2H3. The highest BCUT2D eigenvalue weighted by atomic mass is 16.5. The van der Waals surface area contributed by atoms with Gasteiger partial charge in [0.15, 0.2) is 0 Å². The lowest BCUT2D eigenvalue weighted by atomic mass is 10.3. The van der Waals surface area contributed by atoms with E-state index < -0.39 is 0 Å². The summed E-state index contributed by atoms with van der Waals surface area (Å²) in [7, 11) is 3.02. The quantitative estimate of drug-likeness (QED) is 0.592. The second-order valence-corrected chi connectivity index (χ2v) is 3.24. The van der Waals surface area contributed by atoms with E-state index in [1.165, 1.54) is 7.11 Å². The molecule has 1 aliphatic rings. The summed E-state index contributed by atoms with van der Waals surface area (Å²) in [4.78, 5) is 13.5. The molecular formula is C9H17NO3. The zero-order valence-corrected chi connectivity index (χ0v) is 8.28. The summed E-state index contributed by atoms with van der Waals surface area (Å²) in [6, 6.07) is -0.211. The Morgan fingerprint density at radius 3 is 2.46 bits per heavy atom. The minimum Gasteiger partial charge on any atom is -0.468 e. The van der Waals surface area contributed by atoms with Crippen molar-refractivity contribution in [3.63, 3.8) is 0 Å². The zero-order valence-electron chi connectivity index (χ0n) is 8.28. The molecule has 0 aromatic heterocycles. The monoisotopic (exact) mass is 187 g/mol. The van der Waals surface area contributed by atoms with Gasteiger partial charge in [0.2, 0.25) is 0 Å². The summed E-state index contributed by atoms with van der Waals surface area (Å²) in [5.41, 5.74) is 0. The molecule has 1 aliphatic heterocycles. The highest BCUT2D eigenvalue weighted by molar-refractivity contribution is 5.75. The first-order chi connectivity index (χ1) is 6.29. The Balaban J connectivity index is 2.49. The predicted molar refractivity (Wildman–Crippen MR) is 48.5 cm³/mol. The van der Waals surface area contributed by atoms with E-state index in [0.717, 1.165) is 25.9 Å². The fraction of sp³-hybridized carbons (Fsp3) is 0.889. The lowest BCUT2D eigenvalue weighted by molar-refractivity contribution is -0.148. The van der Waals surface area contributed by atoms with E-state index in [0.29, 0.717) is 6.61 Å². The number of nitrogens with zero attached hydrogens (tertiary/aromatic N) is 1. The van der Waals surface area contributed by atoms with Crippen LogP contribution in [-0.2, 0) is 14.3 Å². The van der Waals surface area contributed by atoms with Crippen LogP contribution >= 0.6 is 0 Å². The Hall–Kier alpha value is -0.610. The Morgan fingerprint density at radius 2 is 2.00 bits per heavy atom. The molecule has 1 atom stereocenters. The van der Waals surface area contributed by atoms with Crippen LogP contribution in [0.4, 0.5) is 0 Å².